The van der Waals surface area contributed by atoms with Crippen LogP contribution >= 0.6 is 0 Å². The predicted octanol–water partition coefficient (Wildman–Crippen LogP) is 1.53. The normalized spacial score (nSPS) is 23.4. The van der Waals surface area contributed by atoms with E-state index in [4.69, 9.17) is 0 Å². The number of imide groups is 1. The summed E-state index contributed by atoms with van der Waals surface area (Å²) in [5.41, 5.74) is 0.804. The standard InChI is InChI=1S/C23H30N4O4/c1-15(16-7-5-8-16)26(13-11-19(28)24-2)20(29)14-27-21(30)23(25-22(27)31)12-10-17-6-3-4-9-18(17)23/h3-4,6,9,15-16H,5,7-8,10-14H2,1-2H3,(H,24,28)(H,25,31)/t15-,23+/m0/s1. The molecule has 0 unspecified atom stereocenters. The van der Waals surface area contributed by atoms with E-state index in [1.165, 1.54) is 0 Å². The molecule has 0 bridgehead atoms. The maximum absolute atomic E-state index is 13.4. The van der Waals surface area contributed by atoms with E-state index < -0.39 is 11.6 Å². The van der Waals surface area contributed by atoms with E-state index in [1.54, 1.807) is 11.9 Å². The van der Waals surface area contributed by atoms with Crippen LogP contribution in [0.5, 0.6) is 0 Å². The van der Waals surface area contributed by atoms with E-state index >= 15 is 0 Å². The number of amides is 5. The number of hydrogen-bond acceptors (Lipinski definition) is 4. The van der Waals surface area contributed by atoms with Gasteiger partial charge in [0.2, 0.25) is 11.8 Å². The highest BCUT2D eigenvalue weighted by atomic mass is 16.2. The Bertz CT molecular complexity index is 913. The van der Waals surface area contributed by atoms with Gasteiger partial charge in [-0.15, -0.1) is 0 Å². The lowest BCUT2D eigenvalue weighted by Crippen LogP contribution is -2.51. The van der Waals surface area contributed by atoms with Crippen molar-refractivity contribution in [3.63, 3.8) is 0 Å². The van der Waals surface area contributed by atoms with Gasteiger partial charge in [0.05, 0.1) is 0 Å². The summed E-state index contributed by atoms with van der Waals surface area (Å²) in [5, 5.41) is 5.45. The van der Waals surface area contributed by atoms with Crippen molar-refractivity contribution in [2.75, 3.05) is 20.1 Å². The van der Waals surface area contributed by atoms with Gasteiger partial charge in [-0.2, -0.15) is 0 Å². The van der Waals surface area contributed by atoms with Gasteiger partial charge in [0.25, 0.3) is 5.91 Å². The van der Waals surface area contributed by atoms with E-state index in [0.717, 1.165) is 35.3 Å². The highest BCUT2D eigenvalue weighted by molar-refractivity contribution is 6.10. The summed E-state index contributed by atoms with van der Waals surface area (Å²) in [6.45, 7) is 1.96. The number of urea groups is 1. The number of carbonyl (C=O) groups excluding carboxylic acids is 4. The summed E-state index contributed by atoms with van der Waals surface area (Å²) in [4.78, 5) is 53.8. The van der Waals surface area contributed by atoms with Crippen molar-refractivity contribution in [1.29, 1.82) is 0 Å². The molecule has 1 spiro atoms. The van der Waals surface area contributed by atoms with Crippen molar-refractivity contribution < 1.29 is 19.2 Å². The van der Waals surface area contributed by atoms with Crippen LogP contribution in [-0.2, 0) is 26.3 Å². The van der Waals surface area contributed by atoms with Crippen LogP contribution < -0.4 is 10.6 Å². The summed E-state index contributed by atoms with van der Waals surface area (Å²) in [5.74, 6) is -0.409. The van der Waals surface area contributed by atoms with Gasteiger partial charge in [-0.3, -0.25) is 19.3 Å². The quantitative estimate of drug-likeness (QED) is 0.646. The van der Waals surface area contributed by atoms with Crippen molar-refractivity contribution in [2.45, 2.75) is 57.0 Å². The van der Waals surface area contributed by atoms with Crippen LogP contribution in [0.3, 0.4) is 0 Å². The zero-order chi connectivity index (χ0) is 22.2. The zero-order valence-corrected chi connectivity index (χ0v) is 18.1. The number of benzene rings is 1. The largest absolute Gasteiger partial charge is 0.359 e. The first-order valence-electron chi connectivity index (χ1n) is 11.1. The van der Waals surface area contributed by atoms with Crippen molar-refractivity contribution in [3.8, 4) is 0 Å². The van der Waals surface area contributed by atoms with Crippen LogP contribution in [0.1, 0.15) is 50.2 Å². The van der Waals surface area contributed by atoms with Gasteiger partial charge in [0.1, 0.15) is 12.1 Å². The molecular formula is C23H30N4O4. The van der Waals surface area contributed by atoms with Gasteiger partial charge in [0.15, 0.2) is 0 Å². The van der Waals surface area contributed by atoms with Crippen molar-refractivity contribution in [3.05, 3.63) is 35.4 Å². The molecule has 2 aliphatic carbocycles. The highest BCUT2D eigenvalue weighted by Gasteiger charge is 2.55. The predicted molar refractivity (Wildman–Crippen MR) is 114 cm³/mol. The van der Waals surface area contributed by atoms with Crippen molar-refractivity contribution in [1.82, 2.24) is 20.4 Å². The maximum atomic E-state index is 13.4. The maximum Gasteiger partial charge on any atom is 0.325 e. The molecule has 2 fully saturated rings. The molecule has 5 amide bonds. The van der Waals surface area contributed by atoms with Gasteiger partial charge in [0, 0.05) is 26.1 Å². The lowest BCUT2D eigenvalue weighted by Gasteiger charge is -2.39. The zero-order valence-electron chi connectivity index (χ0n) is 18.1. The number of hydrogen-bond donors (Lipinski definition) is 2. The van der Waals surface area contributed by atoms with Crippen LogP contribution in [0.2, 0.25) is 0 Å². The number of fused-ring (bicyclic) bond motifs is 2. The second-order valence-electron chi connectivity index (χ2n) is 8.83. The van der Waals surface area contributed by atoms with Crippen molar-refractivity contribution >= 4 is 23.8 Å². The molecule has 166 valence electrons. The first kappa shape index (κ1) is 21.3. The van der Waals surface area contributed by atoms with Gasteiger partial charge < -0.3 is 15.5 Å². The van der Waals surface area contributed by atoms with Gasteiger partial charge in [-0.25, -0.2) is 4.79 Å². The average Bonchev–Trinajstić information content (AvgIpc) is 3.20. The molecule has 1 saturated carbocycles. The Morgan fingerprint density at radius 3 is 2.71 bits per heavy atom. The molecular weight excluding hydrogens is 396 g/mol. The number of rotatable bonds is 7. The molecule has 1 aromatic rings. The Balaban J connectivity index is 1.51. The number of nitrogens with one attached hydrogen (secondary N) is 2. The number of nitrogens with zero attached hydrogens (tertiary/aromatic N) is 2. The fourth-order valence-electron chi connectivity index (χ4n) is 5.04. The third-order valence-corrected chi connectivity index (χ3v) is 7.22. The molecule has 1 heterocycles. The first-order chi connectivity index (χ1) is 14.9. The summed E-state index contributed by atoms with van der Waals surface area (Å²) >= 11 is 0. The Morgan fingerprint density at radius 2 is 2.03 bits per heavy atom. The van der Waals surface area contributed by atoms with Crippen LogP contribution in [0.25, 0.3) is 0 Å². The minimum absolute atomic E-state index is 0.0344. The SMILES string of the molecule is CNC(=O)CCN(C(=O)CN1C(=O)N[C@@]2(CCc3ccccc32)C1=O)[C@@H](C)C1CCC1. The second kappa shape index (κ2) is 8.32. The van der Waals surface area contributed by atoms with Crippen molar-refractivity contribution in [2.24, 2.45) is 5.92 Å². The molecule has 1 saturated heterocycles. The smallest absolute Gasteiger partial charge is 0.325 e. The van der Waals surface area contributed by atoms with E-state index in [-0.39, 0.29) is 43.3 Å². The summed E-state index contributed by atoms with van der Waals surface area (Å²) in [7, 11) is 1.57. The fourth-order valence-corrected chi connectivity index (χ4v) is 5.04. The third kappa shape index (κ3) is 3.68. The molecule has 2 N–H and O–H groups in total. The van der Waals surface area contributed by atoms with E-state index in [2.05, 4.69) is 10.6 Å². The van der Waals surface area contributed by atoms with Crippen LogP contribution in [0.15, 0.2) is 24.3 Å². The molecule has 8 nitrogen and oxygen atoms in total. The Morgan fingerprint density at radius 1 is 1.29 bits per heavy atom. The lowest BCUT2D eigenvalue weighted by atomic mass is 9.79. The third-order valence-electron chi connectivity index (χ3n) is 7.22. The van der Waals surface area contributed by atoms with Gasteiger partial charge in [-0.1, -0.05) is 30.7 Å². The monoisotopic (exact) mass is 426 g/mol. The molecule has 2 atom stereocenters. The molecule has 31 heavy (non-hydrogen) atoms. The van der Waals surface area contributed by atoms with E-state index in [1.807, 2.05) is 31.2 Å². The first-order valence-corrected chi connectivity index (χ1v) is 11.1. The van der Waals surface area contributed by atoms with Crippen LogP contribution in [0.4, 0.5) is 4.79 Å². The molecule has 1 aliphatic heterocycles. The molecule has 0 radical (unpaired) electrons. The topological polar surface area (TPSA) is 98.8 Å². The van der Waals surface area contributed by atoms with E-state index in [9.17, 15) is 19.2 Å². The van der Waals surface area contributed by atoms with Gasteiger partial charge >= 0.3 is 6.03 Å². The summed E-state index contributed by atoms with van der Waals surface area (Å²) in [6, 6.07) is 7.07. The van der Waals surface area contributed by atoms with Gasteiger partial charge in [-0.05, 0) is 49.7 Å². The molecule has 0 aromatic heterocycles. The molecule has 4 rings (SSSR count). The Labute approximate surface area is 182 Å². The lowest BCUT2D eigenvalue weighted by molar-refractivity contribution is -0.141. The average molecular weight is 427 g/mol. The highest BCUT2D eigenvalue weighted by Crippen LogP contribution is 2.41. The summed E-state index contributed by atoms with van der Waals surface area (Å²) in [6.07, 6.45) is 4.64. The molecule has 1 aromatic carbocycles. The second-order valence-corrected chi connectivity index (χ2v) is 8.83. The number of carbonyl (C=O) groups is 4. The van der Waals surface area contributed by atoms with Crippen LogP contribution in [0, 0.1) is 5.92 Å². The van der Waals surface area contributed by atoms with E-state index in [0.29, 0.717) is 18.8 Å². The van der Waals surface area contributed by atoms with Crippen LogP contribution in [-0.4, -0.2) is 59.7 Å². The minimum Gasteiger partial charge on any atom is -0.359 e. The molecule has 8 heteroatoms. The summed E-state index contributed by atoms with van der Waals surface area (Å²) < 4.78 is 0. The Kier molecular flexibility index (Phi) is 5.73. The fraction of sp³-hybridized carbons (Fsp3) is 0.565. The molecule has 3 aliphatic rings. The minimum atomic E-state index is -1.07. The number of aryl methyl sites for hydroxylation is 1. The Hall–Kier alpha value is -2.90.